The van der Waals surface area contributed by atoms with Gasteiger partial charge in [-0.3, -0.25) is 14.3 Å². The molecule has 7 rings (SSSR count). The summed E-state index contributed by atoms with van der Waals surface area (Å²) in [6.45, 7) is 15.6. The highest BCUT2D eigenvalue weighted by Gasteiger charge is 2.27. The van der Waals surface area contributed by atoms with Crippen molar-refractivity contribution < 1.29 is 9.18 Å². The van der Waals surface area contributed by atoms with Crippen LogP contribution in [0.15, 0.2) is 70.4 Å². The molecule has 4 heterocycles. The molecule has 4 aromatic rings. The number of carbonyl (C=O) groups excluding carboxylic acids is 1. The second-order valence-electron chi connectivity index (χ2n) is 14.5. The molecule has 0 bridgehead atoms. The molecule has 3 fully saturated rings. The number of rotatable bonds is 7. The lowest BCUT2D eigenvalue weighted by atomic mass is 9.91. The van der Waals surface area contributed by atoms with Crippen molar-refractivity contribution in [3.63, 3.8) is 0 Å². The Labute approximate surface area is 326 Å². The lowest BCUT2D eigenvalue weighted by molar-refractivity contribution is -0.106. The topological polar surface area (TPSA) is 108 Å². The lowest BCUT2D eigenvalue weighted by Gasteiger charge is -2.29. The number of aldehydes is 1. The number of halogens is 1. The predicted molar refractivity (Wildman–Crippen MR) is 222 cm³/mol. The summed E-state index contributed by atoms with van der Waals surface area (Å²) in [6.07, 6.45) is 6.87. The summed E-state index contributed by atoms with van der Waals surface area (Å²) in [5.41, 5.74) is 3.43. The molecule has 1 saturated carbocycles. The zero-order valence-corrected chi connectivity index (χ0v) is 33.9. The van der Waals surface area contributed by atoms with Crippen molar-refractivity contribution in [1.29, 1.82) is 0 Å². The van der Waals surface area contributed by atoms with Gasteiger partial charge in [-0.1, -0.05) is 50.2 Å². The van der Waals surface area contributed by atoms with Gasteiger partial charge in [-0.25, -0.2) is 18.7 Å². The van der Waals surface area contributed by atoms with Crippen molar-refractivity contribution in [3.05, 3.63) is 104 Å². The Morgan fingerprint density at radius 2 is 1.51 bits per heavy atom. The van der Waals surface area contributed by atoms with E-state index >= 15 is 0 Å². The van der Waals surface area contributed by atoms with Gasteiger partial charge in [0.2, 0.25) is 0 Å². The van der Waals surface area contributed by atoms with E-state index in [1.54, 1.807) is 0 Å². The van der Waals surface area contributed by atoms with E-state index in [0.717, 1.165) is 76.7 Å². The number of carbonyl (C=O) groups is 1. The molecule has 2 N–H and O–H groups in total. The van der Waals surface area contributed by atoms with Crippen molar-refractivity contribution in [3.8, 4) is 5.69 Å². The summed E-state index contributed by atoms with van der Waals surface area (Å²) in [6, 6.07) is 17.9. The van der Waals surface area contributed by atoms with Crippen LogP contribution in [0.1, 0.15) is 75.6 Å². The standard InChI is InChI=1S/C34H41FN6O2.C5H12N2.C2H4O.C2H6/c1-36-28-11-13-29(14-12-28)41-33(42)31-21-27(35)22-37-32(31)40(34(41)43)30-6-3-5-26(20-30)19-24-7-9-25(10-8-24)23-39-16-4-15-38(2)17-18-39;1-7-4-2-6-3-5-7;1-2-3;1-2/h3,5-10,20-22,28-29,36H,4,11-19,23H2,1-2H3;6H,2-5H2,1H3;2H,1H3;1-2H3. The van der Waals surface area contributed by atoms with Crippen molar-refractivity contribution >= 4 is 17.3 Å². The zero-order chi connectivity index (χ0) is 39.7. The minimum atomic E-state index is -0.597. The van der Waals surface area contributed by atoms with Crippen LogP contribution in [0.4, 0.5) is 4.39 Å². The van der Waals surface area contributed by atoms with Crippen molar-refractivity contribution in [2.75, 3.05) is 73.5 Å². The number of piperazine rings is 1. The molecule has 300 valence electrons. The highest BCUT2D eigenvalue weighted by molar-refractivity contribution is 5.75. The van der Waals surface area contributed by atoms with Gasteiger partial charge in [0.25, 0.3) is 5.56 Å². The Kier molecular flexibility index (Phi) is 17.8. The maximum atomic E-state index is 14.3. The van der Waals surface area contributed by atoms with Crippen LogP contribution in [-0.2, 0) is 17.8 Å². The molecule has 1 aliphatic carbocycles. The average Bonchev–Trinajstić information content (AvgIpc) is 3.41. The number of likely N-dealkylation sites (N-methyl/N-ethyl adjacent to an activating group) is 2. The molecule has 0 unspecified atom stereocenters. The van der Waals surface area contributed by atoms with Gasteiger partial charge < -0.3 is 25.2 Å². The third kappa shape index (κ3) is 12.5. The molecule has 0 amide bonds. The maximum Gasteiger partial charge on any atom is 0.337 e. The molecule has 2 aromatic carbocycles. The number of nitrogens with zero attached hydrogens (tertiary/aromatic N) is 6. The highest BCUT2D eigenvalue weighted by atomic mass is 19.1. The highest BCUT2D eigenvalue weighted by Crippen LogP contribution is 2.27. The van der Waals surface area contributed by atoms with Gasteiger partial charge in [0.15, 0.2) is 5.65 Å². The number of nitrogens with one attached hydrogen (secondary N) is 2. The van der Waals surface area contributed by atoms with E-state index < -0.39 is 17.1 Å². The lowest BCUT2D eigenvalue weighted by Crippen LogP contribution is -2.44. The first-order valence-electron chi connectivity index (χ1n) is 20.1. The van der Waals surface area contributed by atoms with Gasteiger partial charge in [-0.05, 0) is 115 Å². The fourth-order valence-electron chi connectivity index (χ4n) is 7.46. The molecular formula is C43H63FN8O3. The quantitative estimate of drug-likeness (QED) is 0.256. The molecule has 0 spiro atoms. The van der Waals surface area contributed by atoms with Crippen LogP contribution in [0.3, 0.4) is 0 Å². The molecule has 0 radical (unpaired) electrons. The second-order valence-corrected chi connectivity index (χ2v) is 14.5. The van der Waals surface area contributed by atoms with E-state index in [9.17, 15) is 14.0 Å². The number of pyridine rings is 1. The summed E-state index contributed by atoms with van der Waals surface area (Å²) >= 11 is 0. The molecule has 2 saturated heterocycles. The number of fused-ring (bicyclic) bond motifs is 1. The Balaban J connectivity index is 0.000000488. The van der Waals surface area contributed by atoms with Crippen LogP contribution in [0, 0.1) is 5.82 Å². The fraction of sp³-hybridized carbons (Fsp3) is 0.535. The summed E-state index contributed by atoms with van der Waals surface area (Å²) in [4.78, 5) is 47.9. The van der Waals surface area contributed by atoms with E-state index in [-0.39, 0.29) is 17.1 Å². The average molecular weight is 759 g/mol. The van der Waals surface area contributed by atoms with Gasteiger partial charge in [-0.2, -0.15) is 0 Å². The second kappa shape index (κ2) is 22.5. The van der Waals surface area contributed by atoms with E-state index in [1.165, 1.54) is 52.8 Å². The molecule has 3 aliphatic rings. The van der Waals surface area contributed by atoms with Crippen LogP contribution in [0.5, 0.6) is 0 Å². The summed E-state index contributed by atoms with van der Waals surface area (Å²) in [5.74, 6) is -0.597. The van der Waals surface area contributed by atoms with Crippen LogP contribution < -0.4 is 21.9 Å². The first kappa shape index (κ1) is 43.7. The molecular weight excluding hydrogens is 696 g/mol. The minimum Gasteiger partial charge on any atom is -0.317 e. The Morgan fingerprint density at radius 1 is 0.855 bits per heavy atom. The Morgan fingerprint density at radius 3 is 2.15 bits per heavy atom. The van der Waals surface area contributed by atoms with Gasteiger partial charge >= 0.3 is 5.69 Å². The summed E-state index contributed by atoms with van der Waals surface area (Å²) in [5, 5.41) is 6.69. The van der Waals surface area contributed by atoms with Crippen LogP contribution in [0.2, 0.25) is 0 Å². The van der Waals surface area contributed by atoms with Crippen molar-refractivity contribution in [1.82, 2.24) is 39.5 Å². The van der Waals surface area contributed by atoms with Crippen LogP contribution in [0.25, 0.3) is 16.7 Å². The summed E-state index contributed by atoms with van der Waals surface area (Å²) < 4.78 is 17.1. The zero-order valence-electron chi connectivity index (χ0n) is 33.9. The van der Waals surface area contributed by atoms with Gasteiger partial charge in [0.05, 0.1) is 17.3 Å². The molecule has 11 nitrogen and oxygen atoms in total. The fourth-order valence-corrected chi connectivity index (χ4v) is 7.46. The Bertz CT molecular complexity index is 1880. The molecule has 2 aromatic heterocycles. The van der Waals surface area contributed by atoms with Crippen molar-refractivity contribution in [2.24, 2.45) is 0 Å². The number of hydrogen-bond acceptors (Lipinski definition) is 9. The minimum absolute atomic E-state index is 0.118. The van der Waals surface area contributed by atoms with E-state index in [4.69, 9.17) is 4.79 Å². The van der Waals surface area contributed by atoms with Gasteiger partial charge in [0.1, 0.15) is 12.1 Å². The van der Waals surface area contributed by atoms with Gasteiger partial charge in [-0.15, -0.1) is 0 Å². The molecule has 0 atom stereocenters. The SMILES string of the molecule is CC.CC=O.CN1CCNCC1.CNC1CCC(n2c(=O)c3cc(F)cnc3n(-c3cccc(Cc4ccc(CN5CCCN(C)CC5)cc4)c3)c2=O)CC1. The normalized spacial score (nSPS) is 19.5. The number of hydrogen-bond donors (Lipinski definition) is 2. The van der Waals surface area contributed by atoms with E-state index in [2.05, 4.69) is 68.7 Å². The molecule has 2 aliphatic heterocycles. The monoisotopic (exact) mass is 759 g/mol. The van der Waals surface area contributed by atoms with E-state index in [0.29, 0.717) is 31.0 Å². The van der Waals surface area contributed by atoms with E-state index in [1.807, 2.05) is 45.2 Å². The predicted octanol–water partition coefficient (Wildman–Crippen LogP) is 4.87. The largest absolute Gasteiger partial charge is 0.337 e. The number of aromatic nitrogens is 3. The smallest absolute Gasteiger partial charge is 0.317 e. The third-order valence-corrected chi connectivity index (χ3v) is 10.5. The molecule has 12 heteroatoms. The molecule has 55 heavy (non-hydrogen) atoms. The van der Waals surface area contributed by atoms with Crippen LogP contribution >= 0.6 is 0 Å². The Hall–Kier alpha value is -4.07. The van der Waals surface area contributed by atoms with Crippen molar-refractivity contribution in [2.45, 2.75) is 77.9 Å². The first-order chi connectivity index (χ1) is 26.7. The van der Waals surface area contributed by atoms with Crippen LogP contribution in [-0.4, -0.2) is 115 Å². The summed E-state index contributed by atoms with van der Waals surface area (Å²) in [7, 11) is 6.28. The van der Waals surface area contributed by atoms with Gasteiger partial charge in [0, 0.05) is 57.9 Å². The maximum absolute atomic E-state index is 14.3. The first-order valence-corrected chi connectivity index (χ1v) is 20.1. The third-order valence-electron chi connectivity index (χ3n) is 10.5. The number of benzene rings is 2.